The molecule has 84 valence electrons. The van der Waals surface area contributed by atoms with Gasteiger partial charge >= 0.3 is 0 Å². The van der Waals surface area contributed by atoms with Gasteiger partial charge in [0.15, 0.2) is 7.98 Å². The van der Waals surface area contributed by atoms with Gasteiger partial charge in [-0.3, -0.25) is 0 Å². The number of fused-ring (bicyclic) bond motifs is 1. The second kappa shape index (κ2) is 3.49. The maximum atomic E-state index is 2.52. The lowest BCUT2D eigenvalue weighted by atomic mass is 9.66. The lowest BCUT2D eigenvalue weighted by Crippen LogP contribution is -2.60. The van der Waals surface area contributed by atoms with Crippen molar-refractivity contribution in [3.8, 4) is 0 Å². The highest BCUT2D eigenvalue weighted by atomic mass is 15.3. The molecule has 1 aromatic rings. The van der Waals surface area contributed by atoms with Crippen molar-refractivity contribution in [2.45, 2.75) is 24.8 Å². The molecule has 1 heterocycles. The molecule has 3 atom stereocenters. The van der Waals surface area contributed by atoms with E-state index in [9.17, 15) is 0 Å². The number of hydrogen-bond acceptors (Lipinski definition) is 0. The Balaban J connectivity index is 1.91. The Hall–Kier alpha value is -1.02. The van der Waals surface area contributed by atoms with E-state index in [1.165, 1.54) is 23.8 Å². The van der Waals surface area contributed by atoms with E-state index in [-0.39, 0.29) is 0 Å². The van der Waals surface area contributed by atoms with Crippen molar-refractivity contribution in [1.29, 1.82) is 0 Å². The van der Waals surface area contributed by atoms with Crippen molar-refractivity contribution >= 4 is 7.98 Å². The van der Waals surface area contributed by atoms with Gasteiger partial charge in [0.2, 0.25) is 0 Å². The van der Waals surface area contributed by atoms with Crippen molar-refractivity contribution in [1.82, 2.24) is 0 Å². The van der Waals surface area contributed by atoms with Crippen LogP contribution in [0.15, 0.2) is 42.0 Å². The van der Waals surface area contributed by atoms with Gasteiger partial charge in [-0.2, -0.15) is 0 Å². The highest BCUT2D eigenvalue weighted by Gasteiger charge is 2.45. The zero-order valence-corrected chi connectivity index (χ0v) is 9.19. The van der Waals surface area contributed by atoms with Crippen LogP contribution in [0.4, 0.5) is 0 Å². The Morgan fingerprint density at radius 3 is 2.69 bits per heavy atom. The minimum atomic E-state index is 0.379. The first kappa shape index (κ1) is 10.2. The summed E-state index contributed by atoms with van der Waals surface area (Å²) < 4.78 is 1.42. The second-order valence-electron chi connectivity index (χ2n) is 4.71. The Morgan fingerprint density at radius 2 is 2.00 bits per heavy atom. The molecular weight excluding hydrogens is 193 g/mol. The summed E-state index contributed by atoms with van der Waals surface area (Å²) in [7, 11) is 2.87. The summed E-state index contributed by atoms with van der Waals surface area (Å²) in [6.45, 7) is 1.40. The molecule has 0 N–H and O–H groups in total. The summed E-state index contributed by atoms with van der Waals surface area (Å²) >= 11 is 0. The van der Waals surface area contributed by atoms with Crippen LogP contribution in [-0.2, 0) is 0 Å². The molecule has 3 rings (SSSR count). The lowest BCUT2D eigenvalue weighted by molar-refractivity contribution is -0.826. The summed E-state index contributed by atoms with van der Waals surface area (Å²) in [6.07, 6.45) is 5.17. The van der Waals surface area contributed by atoms with Crippen molar-refractivity contribution in [3.63, 3.8) is 0 Å². The third-order valence-electron chi connectivity index (χ3n) is 3.81. The predicted octanol–water partition coefficient (Wildman–Crippen LogP) is 1.60. The number of quaternary nitrogens is 1. The molecule has 16 heavy (non-hydrogen) atoms. The maximum absolute atomic E-state index is 2.52. The van der Waals surface area contributed by atoms with Crippen molar-refractivity contribution in [3.05, 3.63) is 47.5 Å². The van der Waals surface area contributed by atoms with Crippen LogP contribution in [0.2, 0.25) is 0 Å². The molecule has 0 amide bonds. The van der Waals surface area contributed by atoms with Gasteiger partial charge in [-0.15, -0.1) is 0 Å². The molecule has 2 heteroatoms. The Morgan fingerprint density at radius 1 is 1.25 bits per heavy atom. The summed E-state index contributed by atoms with van der Waals surface area (Å²) in [5, 5.41) is 0. The fourth-order valence-corrected chi connectivity index (χ4v) is 2.97. The normalized spacial score (nSPS) is 37.2. The zero-order chi connectivity index (χ0) is 11.2. The highest BCUT2D eigenvalue weighted by molar-refractivity contribution is 5.97. The van der Waals surface area contributed by atoms with Gasteiger partial charge in [-0.25, -0.2) is 0 Å². The molecule has 1 aromatic carbocycles. The second-order valence-corrected chi connectivity index (χ2v) is 4.71. The zero-order valence-electron chi connectivity index (χ0n) is 9.19. The van der Waals surface area contributed by atoms with E-state index < -0.39 is 0 Å². The van der Waals surface area contributed by atoms with Crippen LogP contribution < -0.4 is 0 Å². The molecule has 0 unspecified atom stereocenters. The first-order valence-corrected chi connectivity index (χ1v) is 5.80. The van der Waals surface area contributed by atoms with Crippen molar-refractivity contribution < 1.29 is 4.39 Å². The van der Waals surface area contributed by atoms with Gasteiger partial charge in [0, 0.05) is 25.9 Å². The van der Waals surface area contributed by atoms with Crippen LogP contribution in [-0.4, -0.2) is 32.0 Å². The van der Waals surface area contributed by atoms with E-state index in [4.69, 9.17) is 0 Å². The van der Waals surface area contributed by atoms with Crippen LogP contribution in [0.1, 0.15) is 24.3 Å². The Bertz CT molecular complexity index is 422. The van der Waals surface area contributed by atoms with E-state index in [2.05, 4.69) is 43.5 Å². The number of likely N-dealkylation sites (N-methyl/N-ethyl adjacent to an activating group) is 1. The number of nitrogens with zero attached hydrogens (tertiary/aromatic N) is 1. The molecule has 2 aliphatic rings. The topological polar surface area (TPSA) is 0 Å². The third-order valence-corrected chi connectivity index (χ3v) is 3.81. The van der Waals surface area contributed by atoms with E-state index in [0.717, 1.165) is 12.0 Å². The predicted molar refractivity (Wildman–Crippen MR) is 71.3 cm³/mol. The largest absolute Gasteiger partial charge is 0.518 e. The van der Waals surface area contributed by atoms with Crippen molar-refractivity contribution in [2.75, 3.05) is 13.6 Å². The number of benzene rings is 1. The summed E-state index contributed by atoms with van der Waals surface area (Å²) in [5.41, 5.74) is 3.33. The van der Waals surface area contributed by atoms with Crippen LogP contribution in [0.5, 0.6) is 0 Å². The molecule has 1 saturated carbocycles. The van der Waals surface area contributed by atoms with Crippen LogP contribution >= 0.6 is 0 Å². The quantitative estimate of drug-likeness (QED) is 0.491. The van der Waals surface area contributed by atoms with E-state index in [1.807, 2.05) is 0 Å². The molecule has 1 aliphatic heterocycles. The number of rotatable bonds is 1. The number of hydrogen-bond donors (Lipinski definition) is 0. The first-order chi connectivity index (χ1) is 7.68. The van der Waals surface area contributed by atoms with Gasteiger partial charge < -0.3 is 4.39 Å². The van der Waals surface area contributed by atoms with Gasteiger partial charge in [0.1, 0.15) is 0 Å². The fourth-order valence-electron chi connectivity index (χ4n) is 2.97. The first-order valence-electron chi connectivity index (χ1n) is 5.80. The molecule has 0 aromatic heterocycles. The van der Waals surface area contributed by atoms with Crippen LogP contribution in [0, 0.1) is 0 Å². The van der Waals surface area contributed by atoms with E-state index in [1.54, 1.807) is 11.1 Å². The molecule has 0 bridgehead atoms. The molecule has 1 nitrogen and oxygen atoms in total. The van der Waals surface area contributed by atoms with Gasteiger partial charge in [0.25, 0.3) is 0 Å². The molecule has 0 radical (unpaired) electrons. The average Bonchev–Trinajstić information content (AvgIpc) is 2.21. The SMILES string of the molecule is [BH3-][N@@+]1(C)CCC=C2C[C@@H](c3ccccc3)[C@@H]21. The monoisotopic (exact) mass is 213 g/mol. The minimum Gasteiger partial charge on any atom is -0.518 e. The standard InChI is InChI=1S/C14H20BN/c1-16(15)9-5-8-12-10-13(14(12)16)11-6-3-2-4-7-11/h2-4,6-8,13-14H,5,9-10H2,1,15H3/t13-,14+,16-/m0/s1. The van der Waals surface area contributed by atoms with E-state index in [0.29, 0.717) is 7.98 Å². The van der Waals surface area contributed by atoms with Gasteiger partial charge in [-0.1, -0.05) is 36.4 Å². The molecule has 1 fully saturated rings. The Labute approximate surface area is 98.8 Å². The Kier molecular flexibility index (Phi) is 2.22. The maximum Gasteiger partial charge on any atom is 0.169 e. The van der Waals surface area contributed by atoms with Crippen molar-refractivity contribution in [2.24, 2.45) is 0 Å². The third kappa shape index (κ3) is 1.44. The van der Waals surface area contributed by atoms with Crippen LogP contribution in [0.25, 0.3) is 0 Å². The summed E-state index contributed by atoms with van der Waals surface area (Å²) in [6, 6.07) is 12.0. The van der Waals surface area contributed by atoms with E-state index >= 15 is 0 Å². The summed E-state index contributed by atoms with van der Waals surface area (Å²) in [5.74, 6) is 0.815. The molecule has 0 saturated heterocycles. The molecular formula is C14H20BN. The molecule has 1 aliphatic carbocycles. The minimum absolute atomic E-state index is 0.379. The fraction of sp³-hybridized carbons (Fsp3) is 0.429. The van der Waals surface area contributed by atoms with Gasteiger partial charge in [-0.05, 0) is 17.6 Å². The van der Waals surface area contributed by atoms with Crippen LogP contribution in [0.3, 0.4) is 0 Å². The van der Waals surface area contributed by atoms with Gasteiger partial charge in [0.05, 0.1) is 6.04 Å². The highest BCUT2D eigenvalue weighted by Crippen LogP contribution is 2.48. The smallest absolute Gasteiger partial charge is 0.169 e. The lowest BCUT2D eigenvalue weighted by Gasteiger charge is -2.58. The average molecular weight is 213 g/mol. The summed E-state index contributed by atoms with van der Waals surface area (Å²) in [4.78, 5) is 0. The molecule has 0 spiro atoms.